The lowest BCUT2D eigenvalue weighted by molar-refractivity contribution is -0.119. The van der Waals surface area contributed by atoms with Gasteiger partial charge in [-0.3, -0.25) is 9.10 Å². The van der Waals surface area contributed by atoms with Crippen molar-refractivity contribution in [3.05, 3.63) is 88.9 Å². The Morgan fingerprint density at radius 3 is 2.24 bits per heavy atom. The van der Waals surface area contributed by atoms with Gasteiger partial charge >= 0.3 is 0 Å². The maximum Gasteiger partial charge on any atom is 0.264 e. The molecular formula is C25H27BrN2O4S. The van der Waals surface area contributed by atoms with Crippen LogP contribution in [0.5, 0.6) is 5.75 Å². The van der Waals surface area contributed by atoms with E-state index in [1.807, 2.05) is 44.2 Å². The second kappa shape index (κ2) is 11.3. The first kappa shape index (κ1) is 24.8. The van der Waals surface area contributed by atoms with Crippen molar-refractivity contribution in [2.75, 3.05) is 24.0 Å². The zero-order chi connectivity index (χ0) is 23.8. The van der Waals surface area contributed by atoms with Crippen LogP contribution < -0.4 is 14.4 Å². The smallest absolute Gasteiger partial charge is 0.264 e. The Hall–Kier alpha value is -2.84. The molecule has 0 radical (unpaired) electrons. The quantitative estimate of drug-likeness (QED) is 0.401. The maximum absolute atomic E-state index is 13.4. The van der Waals surface area contributed by atoms with Crippen LogP contribution >= 0.6 is 15.9 Å². The fourth-order valence-electron chi connectivity index (χ4n) is 3.28. The Morgan fingerprint density at radius 2 is 1.64 bits per heavy atom. The van der Waals surface area contributed by atoms with Crippen molar-refractivity contribution in [1.29, 1.82) is 0 Å². The molecule has 6 nitrogen and oxygen atoms in total. The lowest BCUT2D eigenvalue weighted by Gasteiger charge is -2.25. The van der Waals surface area contributed by atoms with Crippen molar-refractivity contribution < 1.29 is 17.9 Å². The number of amides is 1. The third kappa shape index (κ3) is 6.58. The highest BCUT2D eigenvalue weighted by Gasteiger charge is 2.27. The second-order valence-corrected chi connectivity index (χ2v) is 10.3. The van der Waals surface area contributed by atoms with Gasteiger partial charge in [-0.15, -0.1) is 0 Å². The largest absolute Gasteiger partial charge is 0.494 e. The number of halogens is 1. The molecule has 1 amide bonds. The zero-order valence-electron chi connectivity index (χ0n) is 18.6. The summed E-state index contributed by atoms with van der Waals surface area (Å²) in [4.78, 5) is 12.9. The molecule has 1 N–H and O–H groups in total. The van der Waals surface area contributed by atoms with E-state index in [1.54, 1.807) is 36.4 Å². The Bertz CT molecular complexity index is 1150. The molecule has 0 saturated heterocycles. The molecule has 0 spiro atoms. The van der Waals surface area contributed by atoms with Crippen LogP contribution in [-0.4, -0.2) is 34.0 Å². The number of hydrogen-bond donors (Lipinski definition) is 1. The van der Waals surface area contributed by atoms with Crippen molar-refractivity contribution in [3.8, 4) is 5.75 Å². The molecule has 0 aliphatic rings. The summed E-state index contributed by atoms with van der Waals surface area (Å²) in [6.07, 6.45) is 0. The summed E-state index contributed by atoms with van der Waals surface area (Å²) in [5, 5.41) is 2.87. The van der Waals surface area contributed by atoms with E-state index in [2.05, 4.69) is 21.2 Å². The number of ether oxygens (including phenoxy) is 1. The maximum atomic E-state index is 13.4. The van der Waals surface area contributed by atoms with Crippen LogP contribution in [0.15, 0.2) is 88.2 Å². The van der Waals surface area contributed by atoms with E-state index < -0.39 is 10.0 Å². The van der Waals surface area contributed by atoms with Crippen molar-refractivity contribution in [2.24, 2.45) is 0 Å². The summed E-state index contributed by atoms with van der Waals surface area (Å²) in [6, 6.07) is 22.8. The first-order chi connectivity index (χ1) is 15.8. The number of carbonyl (C=O) groups is 1. The molecule has 8 heteroatoms. The molecule has 3 rings (SSSR count). The van der Waals surface area contributed by atoms with Gasteiger partial charge in [0.25, 0.3) is 10.0 Å². The van der Waals surface area contributed by atoms with E-state index in [9.17, 15) is 13.2 Å². The van der Waals surface area contributed by atoms with Gasteiger partial charge < -0.3 is 10.1 Å². The molecule has 0 heterocycles. The van der Waals surface area contributed by atoms with Gasteiger partial charge in [0, 0.05) is 11.0 Å². The van der Waals surface area contributed by atoms with Gasteiger partial charge in [0.05, 0.1) is 17.2 Å². The van der Waals surface area contributed by atoms with Crippen molar-refractivity contribution >= 4 is 37.5 Å². The first-order valence-corrected chi connectivity index (χ1v) is 12.9. The minimum absolute atomic E-state index is 0.0946. The standard InChI is InChI=1S/C25H27BrN2O4S/c1-3-32-23-13-11-22(12-14-23)28(33(30,31)24-15-9-21(26)10-16-24)18-25(29)27-17-19(2)20-7-5-4-6-8-20/h4-16,19H,3,17-18H2,1-2H3,(H,27,29)/t19-/m0/s1. The van der Waals surface area contributed by atoms with E-state index >= 15 is 0 Å². The van der Waals surface area contributed by atoms with Gasteiger partial charge in [-0.2, -0.15) is 0 Å². The molecule has 33 heavy (non-hydrogen) atoms. The van der Waals surface area contributed by atoms with Crippen LogP contribution in [0, 0.1) is 0 Å². The monoisotopic (exact) mass is 530 g/mol. The Balaban J connectivity index is 1.82. The van der Waals surface area contributed by atoms with Crippen molar-refractivity contribution in [3.63, 3.8) is 0 Å². The number of rotatable bonds is 10. The molecule has 3 aromatic rings. The SMILES string of the molecule is CCOc1ccc(N(CC(=O)NC[C@H](C)c2ccccc2)S(=O)(=O)c2ccc(Br)cc2)cc1. The molecule has 0 bridgehead atoms. The highest BCUT2D eigenvalue weighted by Crippen LogP contribution is 2.26. The van der Waals surface area contributed by atoms with E-state index in [0.717, 1.165) is 14.3 Å². The van der Waals surface area contributed by atoms with E-state index in [-0.39, 0.29) is 23.3 Å². The lowest BCUT2D eigenvalue weighted by atomic mass is 10.0. The number of hydrogen-bond acceptors (Lipinski definition) is 4. The summed E-state index contributed by atoms with van der Waals surface area (Å²) in [6.45, 7) is 4.45. The predicted octanol–water partition coefficient (Wildman–Crippen LogP) is 4.96. The molecule has 0 aromatic heterocycles. The number of anilines is 1. The van der Waals surface area contributed by atoms with Crippen LogP contribution in [0.2, 0.25) is 0 Å². The van der Waals surface area contributed by atoms with Crippen LogP contribution in [0.4, 0.5) is 5.69 Å². The average Bonchev–Trinajstić information content (AvgIpc) is 2.82. The third-order valence-corrected chi connectivity index (χ3v) is 7.42. The molecule has 0 aliphatic carbocycles. The minimum atomic E-state index is -3.97. The second-order valence-electron chi connectivity index (χ2n) is 7.51. The summed E-state index contributed by atoms with van der Waals surface area (Å²) < 4.78 is 34.2. The van der Waals surface area contributed by atoms with Crippen LogP contribution in [0.3, 0.4) is 0 Å². The third-order valence-electron chi connectivity index (χ3n) is 5.10. The fourth-order valence-corrected chi connectivity index (χ4v) is 4.96. The van der Waals surface area contributed by atoms with Gasteiger partial charge in [0.2, 0.25) is 5.91 Å². The van der Waals surface area contributed by atoms with Gasteiger partial charge in [0.1, 0.15) is 12.3 Å². The van der Waals surface area contributed by atoms with Crippen molar-refractivity contribution in [2.45, 2.75) is 24.7 Å². The molecule has 174 valence electrons. The number of nitrogens with zero attached hydrogens (tertiary/aromatic N) is 1. The molecule has 1 atom stereocenters. The number of benzene rings is 3. The van der Waals surface area contributed by atoms with E-state index in [1.165, 1.54) is 12.1 Å². The topological polar surface area (TPSA) is 75.7 Å². The lowest BCUT2D eigenvalue weighted by Crippen LogP contribution is -2.41. The average molecular weight is 531 g/mol. The summed E-state index contributed by atoms with van der Waals surface area (Å²) in [5.41, 5.74) is 1.48. The molecule has 0 fully saturated rings. The molecular weight excluding hydrogens is 504 g/mol. The Labute approximate surface area is 203 Å². The highest BCUT2D eigenvalue weighted by atomic mass is 79.9. The van der Waals surface area contributed by atoms with Crippen molar-refractivity contribution in [1.82, 2.24) is 5.32 Å². The van der Waals surface area contributed by atoms with E-state index in [4.69, 9.17) is 4.74 Å². The van der Waals surface area contributed by atoms with E-state index in [0.29, 0.717) is 24.6 Å². The van der Waals surface area contributed by atoms with Crippen LogP contribution in [-0.2, 0) is 14.8 Å². The Morgan fingerprint density at radius 1 is 1.00 bits per heavy atom. The minimum Gasteiger partial charge on any atom is -0.494 e. The summed E-state index contributed by atoms with van der Waals surface area (Å²) in [5.74, 6) is 0.341. The number of nitrogens with one attached hydrogen (secondary N) is 1. The molecule has 0 saturated carbocycles. The van der Waals surface area contributed by atoms with Crippen LogP contribution in [0.25, 0.3) is 0 Å². The van der Waals surface area contributed by atoms with Gasteiger partial charge in [0.15, 0.2) is 0 Å². The van der Waals surface area contributed by atoms with Gasteiger partial charge in [-0.25, -0.2) is 8.42 Å². The van der Waals surface area contributed by atoms with Gasteiger partial charge in [-0.1, -0.05) is 53.2 Å². The normalized spacial score (nSPS) is 12.1. The summed E-state index contributed by atoms with van der Waals surface area (Å²) >= 11 is 3.32. The van der Waals surface area contributed by atoms with Gasteiger partial charge in [-0.05, 0) is 66.9 Å². The number of sulfonamides is 1. The zero-order valence-corrected chi connectivity index (χ0v) is 21.0. The number of carbonyl (C=O) groups excluding carboxylic acids is 1. The molecule has 3 aromatic carbocycles. The predicted molar refractivity (Wildman–Crippen MR) is 134 cm³/mol. The highest BCUT2D eigenvalue weighted by molar-refractivity contribution is 9.10. The first-order valence-electron chi connectivity index (χ1n) is 10.6. The van der Waals surface area contributed by atoms with Crippen LogP contribution in [0.1, 0.15) is 25.3 Å². The molecule has 0 unspecified atom stereocenters. The Kier molecular flexibility index (Phi) is 8.52. The summed E-state index contributed by atoms with van der Waals surface area (Å²) in [7, 11) is -3.97. The molecule has 0 aliphatic heterocycles. The fraction of sp³-hybridized carbons (Fsp3) is 0.240.